The van der Waals surface area contributed by atoms with Gasteiger partial charge in [0, 0.05) is 6.07 Å². The average Bonchev–Trinajstić information content (AvgIpc) is 3.09. The molecule has 2 aromatic rings. The number of hydrogen-bond acceptors (Lipinski definition) is 6. The molecule has 0 aliphatic carbocycles. The van der Waals surface area contributed by atoms with E-state index in [1.165, 1.54) is 0 Å². The Balaban J connectivity index is 0.00000112. The number of aromatic carboxylic acids is 1. The predicted molar refractivity (Wildman–Crippen MR) is 90.1 cm³/mol. The summed E-state index contributed by atoms with van der Waals surface area (Å²) in [6, 6.07) is 1.57. The first kappa shape index (κ1) is 20.8. The number of anilines is 1. The Morgan fingerprint density at radius 3 is 2.35 bits per heavy atom. The second kappa shape index (κ2) is 10.5. The third-order valence-corrected chi connectivity index (χ3v) is 3.22. The molecule has 2 heterocycles. The fourth-order valence-corrected chi connectivity index (χ4v) is 2.29. The molecule has 8 heteroatoms. The fraction of sp³-hybridized carbons (Fsp3) is 0.467. The van der Waals surface area contributed by atoms with Crippen LogP contribution in [-0.4, -0.2) is 27.1 Å². The molecule has 0 saturated carbocycles. The molecule has 0 aromatic carbocycles. The largest absolute Gasteiger partial charge is 0.477 e. The first-order valence-electron chi connectivity index (χ1n) is 7.38. The third kappa shape index (κ3) is 6.60. The molecule has 23 heavy (non-hydrogen) atoms. The maximum Gasteiger partial charge on any atom is 0.347 e. The maximum atomic E-state index is 11.7. The van der Waals surface area contributed by atoms with Crippen LogP contribution in [0.15, 0.2) is 10.6 Å². The van der Waals surface area contributed by atoms with Crippen LogP contribution in [0, 0.1) is 13.8 Å². The predicted octanol–water partition coefficient (Wildman–Crippen LogP) is 3.68. The minimum absolute atomic E-state index is 0.0846. The van der Waals surface area contributed by atoms with Gasteiger partial charge in [-0.05, 0) is 13.8 Å². The van der Waals surface area contributed by atoms with E-state index >= 15 is 0 Å². The number of carboxylic acid groups (broad SMARTS) is 1. The van der Waals surface area contributed by atoms with Gasteiger partial charge in [-0.3, -0.25) is 10.1 Å². The van der Waals surface area contributed by atoms with E-state index in [0.717, 1.165) is 11.3 Å². The number of aromatic nitrogens is 2. The van der Waals surface area contributed by atoms with Crippen molar-refractivity contribution in [2.24, 2.45) is 0 Å². The van der Waals surface area contributed by atoms with Gasteiger partial charge in [0.25, 0.3) is 0 Å². The van der Waals surface area contributed by atoms with Crippen LogP contribution in [0.25, 0.3) is 0 Å². The second-order valence-electron chi connectivity index (χ2n) is 3.87. The Morgan fingerprint density at radius 1 is 1.26 bits per heavy atom. The number of thiazole rings is 1. The zero-order valence-corrected chi connectivity index (χ0v) is 15.1. The van der Waals surface area contributed by atoms with Crippen LogP contribution < -0.4 is 5.32 Å². The van der Waals surface area contributed by atoms with Crippen LogP contribution in [0.1, 0.15) is 53.8 Å². The molecule has 2 aromatic heterocycles. The number of carboxylic acids is 1. The van der Waals surface area contributed by atoms with Gasteiger partial charge >= 0.3 is 5.97 Å². The highest BCUT2D eigenvalue weighted by atomic mass is 32.1. The highest BCUT2D eigenvalue weighted by Gasteiger charge is 2.18. The Morgan fingerprint density at radius 2 is 1.87 bits per heavy atom. The highest BCUT2D eigenvalue weighted by Crippen LogP contribution is 2.19. The molecule has 0 fully saturated rings. The number of aryl methyl sites for hydroxylation is 2. The van der Waals surface area contributed by atoms with Crippen molar-refractivity contribution in [3.63, 3.8) is 0 Å². The van der Waals surface area contributed by atoms with E-state index in [9.17, 15) is 9.59 Å². The van der Waals surface area contributed by atoms with Gasteiger partial charge in [-0.1, -0.05) is 32.9 Å². The van der Waals surface area contributed by atoms with Crippen molar-refractivity contribution in [2.75, 3.05) is 5.32 Å². The molecule has 1 amide bonds. The normalized spacial score (nSPS) is 9.13. The van der Waals surface area contributed by atoms with Gasteiger partial charge in [0.2, 0.25) is 11.8 Å². The monoisotopic (exact) mass is 341 g/mol. The Bertz CT molecular complexity index is 634. The number of carbonyl (C=O) groups is 2. The highest BCUT2D eigenvalue weighted by molar-refractivity contribution is 7.13. The van der Waals surface area contributed by atoms with Gasteiger partial charge in [0.1, 0.15) is 4.88 Å². The van der Waals surface area contributed by atoms with Gasteiger partial charge in [-0.2, -0.15) is 0 Å². The lowest BCUT2D eigenvalue weighted by Gasteiger charge is -1.99. The van der Waals surface area contributed by atoms with Crippen molar-refractivity contribution in [1.82, 2.24) is 10.1 Å². The van der Waals surface area contributed by atoms with Crippen LogP contribution in [-0.2, 0) is 11.2 Å². The standard InChI is InChI=1S/C11H11N3O4S.2C2H6/c1-5-3-9(18-14-5)13-8(15)4-7-10(11(16)17)19-6(2)12-7;2*1-2/h3H,4H2,1-2H3,(H,13,15)(H,16,17);2*1-2H3. The van der Waals surface area contributed by atoms with Crippen LogP contribution in [0.4, 0.5) is 5.88 Å². The summed E-state index contributed by atoms with van der Waals surface area (Å²) in [5.41, 5.74) is 0.898. The number of amides is 1. The lowest BCUT2D eigenvalue weighted by molar-refractivity contribution is -0.115. The molecular formula is C15H23N3O4S. The molecule has 128 valence electrons. The van der Waals surface area contributed by atoms with E-state index in [0.29, 0.717) is 10.7 Å². The van der Waals surface area contributed by atoms with Crippen molar-refractivity contribution >= 4 is 29.1 Å². The average molecular weight is 341 g/mol. The Hall–Kier alpha value is -2.22. The van der Waals surface area contributed by atoms with Gasteiger partial charge < -0.3 is 9.63 Å². The van der Waals surface area contributed by atoms with Crippen molar-refractivity contribution in [3.05, 3.63) is 27.3 Å². The van der Waals surface area contributed by atoms with Crippen LogP contribution in [0.2, 0.25) is 0 Å². The number of rotatable bonds is 4. The van der Waals surface area contributed by atoms with Crippen LogP contribution >= 0.6 is 11.3 Å². The fourth-order valence-electron chi connectivity index (χ4n) is 1.51. The number of nitrogens with zero attached hydrogens (tertiary/aromatic N) is 2. The lowest BCUT2D eigenvalue weighted by Crippen LogP contribution is -2.15. The quantitative estimate of drug-likeness (QED) is 0.879. The molecule has 0 saturated heterocycles. The first-order chi connectivity index (χ1) is 11.0. The zero-order chi connectivity index (χ0) is 18.0. The van der Waals surface area contributed by atoms with Crippen LogP contribution in [0.5, 0.6) is 0 Å². The Kier molecular flexibility index (Phi) is 9.48. The summed E-state index contributed by atoms with van der Waals surface area (Å²) in [7, 11) is 0. The maximum absolute atomic E-state index is 11.7. The summed E-state index contributed by atoms with van der Waals surface area (Å²) in [5, 5.41) is 15.7. The summed E-state index contributed by atoms with van der Waals surface area (Å²) >= 11 is 1.05. The first-order valence-corrected chi connectivity index (χ1v) is 8.20. The molecule has 0 radical (unpaired) electrons. The van der Waals surface area contributed by atoms with Crippen molar-refractivity contribution in [1.29, 1.82) is 0 Å². The van der Waals surface area contributed by atoms with Gasteiger partial charge in [0.15, 0.2) is 0 Å². The molecule has 0 bridgehead atoms. The Labute approximate surface area is 139 Å². The lowest BCUT2D eigenvalue weighted by atomic mass is 10.2. The molecule has 0 atom stereocenters. The minimum atomic E-state index is -1.08. The third-order valence-electron chi connectivity index (χ3n) is 2.22. The molecule has 7 nitrogen and oxygen atoms in total. The number of carbonyl (C=O) groups excluding carboxylic acids is 1. The minimum Gasteiger partial charge on any atom is -0.477 e. The van der Waals surface area contributed by atoms with Crippen molar-refractivity contribution in [2.45, 2.75) is 48.0 Å². The smallest absolute Gasteiger partial charge is 0.347 e. The second-order valence-corrected chi connectivity index (χ2v) is 5.07. The van der Waals surface area contributed by atoms with E-state index in [1.54, 1.807) is 19.9 Å². The van der Waals surface area contributed by atoms with Crippen LogP contribution in [0.3, 0.4) is 0 Å². The van der Waals surface area contributed by atoms with E-state index in [-0.39, 0.29) is 22.9 Å². The summed E-state index contributed by atoms with van der Waals surface area (Å²) in [6.45, 7) is 11.4. The van der Waals surface area contributed by atoms with E-state index in [4.69, 9.17) is 9.63 Å². The molecule has 0 aliphatic heterocycles. The van der Waals surface area contributed by atoms with E-state index in [2.05, 4.69) is 15.5 Å². The summed E-state index contributed by atoms with van der Waals surface area (Å²) < 4.78 is 4.84. The SMILES string of the molecule is CC.CC.Cc1cc(NC(=O)Cc2nc(C)sc2C(=O)O)on1. The zero-order valence-electron chi connectivity index (χ0n) is 14.3. The molecular weight excluding hydrogens is 318 g/mol. The van der Waals surface area contributed by atoms with E-state index in [1.807, 2.05) is 27.7 Å². The topological polar surface area (TPSA) is 105 Å². The summed E-state index contributed by atoms with van der Waals surface area (Å²) in [6.07, 6.45) is -0.119. The van der Waals surface area contributed by atoms with Gasteiger partial charge in [-0.25, -0.2) is 9.78 Å². The molecule has 0 aliphatic rings. The number of hydrogen-bond donors (Lipinski definition) is 2. The van der Waals surface area contributed by atoms with Gasteiger partial charge in [-0.15, -0.1) is 11.3 Å². The molecule has 2 rings (SSSR count). The molecule has 2 N–H and O–H groups in total. The number of nitrogens with one attached hydrogen (secondary N) is 1. The summed E-state index contributed by atoms with van der Waals surface area (Å²) in [4.78, 5) is 26.9. The summed E-state index contributed by atoms with van der Waals surface area (Å²) in [5.74, 6) is -1.25. The molecule has 0 spiro atoms. The van der Waals surface area contributed by atoms with Crippen molar-refractivity contribution in [3.8, 4) is 0 Å². The van der Waals surface area contributed by atoms with E-state index < -0.39 is 11.9 Å². The van der Waals surface area contributed by atoms with Crippen molar-refractivity contribution < 1.29 is 19.2 Å². The van der Waals surface area contributed by atoms with Gasteiger partial charge in [0.05, 0.1) is 22.8 Å². The molecule has 0 unspecified atom stereocenters.